The SMILES string of the molecule is CN=C(NCCS(C)(=O)=O)N1CCC(C)C(n2ccnc2)C1.I. The van der Waals surface area contributed by atoms with E-state index in [-0.39, 0.29) is 29.7 Å². The molecule has 0 spiro atoms. The second-order valence-corrected chi connectivity index (χ2v) is 8.15. The van der Waals surface area contributed by atoms with Gasteiger partial charge in [0.05, 0.1) is 18.1 Å². The molecule has 23 heavy (non-hydrogen) atoms. The Hall–Kier alpha value is -0.840. The highest BCUT2D eigenvalue weighted by molar-refractivity contribution is 14.0. The Balaban J connectivity index is 0.00000264. The number of sulfone groups is 1. The molecule has 9 heteroatoms. The van der Waals surface area contributed by atoms with Crippen molar-refractivity contribution < 1.29 is 8.42 Å². The van der Waals surface area contributed by atoms with Gasteiger partial charge in [-0.1, -0.05) is 6.92 Å². The standard InChI is InChI=1S/C14H25N5O2S.HI/c1-12-4-7-18(10-13(12)19-8-5-16-11-19)14(15-2)17-6-9-22(3,20)21;/h5,8,11-13H,4,6-7,9-10H2,1-3H3,(H,15,17);1H. The zero-order valence-corrected chi connectivity index (χ0v) is 17.0. The van der Waals surface area contributed by atoms with Crippen molar-refractivity contribution in [3.63, 3.8) is 0 Å². The van der Waals surface area contributed by atoms with Gasteiger partial charge in [0.25, 0.3) is 0 Å². The third-order valence-corrected chi connectivity index (χ3v) is 5.04. The van der Waals surface area contributed by atoms with E-state index in [0.717, 1.165) is 25.5 Å². The van der Waals surface area contributed by atoms with Crippen molar-refractivity contribution in [2.24, 2.45) is 10.9 Å². The fourth-order valence-corrected chi connectivity index (χ4v) is 3.25. The second-order valence-electron chi connectivity index (χ2n) is 5.89. The fraction of sp³-hybridized carbons (Fsp3) is 0.714. The van der Waals surface area contributed by atoms with E-state index in [4.69, 9.17) is 0 Å². The molecule has 132 valence electrons. The molecule has 0 aliphatic carbocycles. The minimum Gasteiger partial charge on any atom is -0.355 e. The summed E-state index contributed by atoms with van der Waals surface area (Å²) in [5, 5.41) is 3.15. The largest absolute Gasteiger partial charge is 0.355 e. The minimum absolute atomic E-state index is 0. The normalized spacial score (nSPS) is 22.6. The van der Waals surface area contributed by atoms with E-state index in [1.807, 2.05) is 12.5 Å². The lowest BCUT2D eigenvalue weighted by Gasteiger charge is -2.39. The Morgan fingerprint density at radius 2 is 2.22 bits per heavy atom. The molecule has 0 bridgehead atoms. The molecule has 0 aromatic carbocycles. The molecule has 1 aliphatic heterocycles. The first-order valence-electron chi connectivity index (χ1n) is 7.51. The van der Waals surface area contributed by atoms with Gasteiger partial charge in [-0.05, 0) is 12.3 Å². The Morgan fingerprint density at radius 3 is 2.78 bits per heavy atom. The van der Waals surface area contributed by atoms with E-state index in [0.29, 0.717) is 18.5 Å². The van der Waals surface area contributed by atoms with E-state index in [2.05, 4.69) is 31.7 Å². The van der Waals surface area contributed by atoms with Gasteiger partial charge in [0.1, 0.15) is 9.84 Å². The van der Waals surface area contributed by atoms with Crippen LogP contribution in [-0.4, -0.2) is 67.5 Å². The average Bonchev–Trinajstić information content (AvgIpc) is 2.97. The van der Waals surface area contributed by atoms with Crippen LogP contribution in [0.3, 0.4) is 0 Å². The number of rotatable bonds is 4. The number of aliphatic imine (C=N–C) groups is 1. The molecule has 1 saturated heterocycles. The van der Waals surface area contributed by atoms with E-state index in [9.17, 15) is 8.42 Å². The molecule has 2 heterocycles. The van der Waals surface area contributed by atoms with Crippen LogP contribution in [0.4, 0.5) is 0 Å². The number of aromatic nitrogens is 2. The highest BCUT2D eigenvalue weighted by Crippen LogP contribution is 2.27. The molecule has 1 aromatic heterocycles. The van der Waals surface area contributed by atoms with Gasteiger partial charge >= 0.3 is 0 Å². The Kier molecular flexibility index (Phi) is 7.78. The van der Waals surface area contributed by atoms with Gasteiger partial charge in [-0.3, -0.25) is 4.99 Å². The van der Waals surface area contributed by atoms with Crippen molar-refractivity contribution >= 4 is 39.8 Å². The van der Waals surface area contributed by atoms with Crippen LogP contribution in [0.15, 0.2) is 23.7 Å². The van der Waals surface area contributed by atoms with Crippen LogP contribution >= 0.6 is 24.0 Å². The number of hydrogen-bond donors (Lipinski definition) is 1. The van der Waals surface area contributed by atoms with Crippen molar-refractivity contribution in [1.29, 1.82) is 0 Å². The number of likely N-dealkylation sites (tertiary alicyclic amines) is 1. The van der Waals surface area contributed by atoms with E-state index in [1.54, 1.807) is 13.2 Å². The zero-order valence-electron chi connectivity index (χ0n) is 13.8. The molecule has 2 rings (SSSR count). The first-order valence-corrected chi connectivity index (χ1v) is 9.57. The molecular weight excluding hydrogens is 429 g/mol. The van der Waals surface area contributed by atoms with Crippen LogP contribution in [0.1, 0.15) is 19.4 Å². The number of guanidine groups is 1. The zero-order chi connectivity index (χ0) is 16.2. The molecular formula is C14H26IN5O2S. The van der Waals surface area contributed by atoms with Crippen molar-refractivity contribution in [2.45, 2.75) is 19.4 Å². The molecule has 0 radical (unpaired) electrons. The van der Waals surface area contributed by atoms with E-state index in [1.165, 1.54) is 6.26 Å². The predicted octanol–water partition coefficient (Wildman–Crippen LogP) is 1.00. The van der Waals surface area contributed by atoms with E-state index >= 15 is 0 Å². The average molecular weight is 455 g/mol. The summed E-state index contributed by atoms with van der Waals surface area (Å²) in [6.07, 6.45) is 7.95. The fourth-order valence-electron chi connectivity index (χ4n) is 2.78. The minimum atomic E-state index is -2.96. The molecule has 2 unspecified atom stereocenters. The lowest BCUT2D eigenvalue weighted by atomic mass is 9.93. The summed E-state index contributed by atoms with van der Waals surface area (Å²) < 4.78 is 24.6. The number of piperidine rings is 1. The Labute approximate surface area is 155 Å². The Bertz CT molecular complexity index is 603. The van der Waals surface area contributed by atoms with Gasteiger partial charge < -0.3 is 14.8 Å². The van der Waals surface area contributed by atoms with Gasteiger partial charge in [-0.25, -0.2) is 13.4 Å². The van der Waals surface area contributed by atoms with Crippen molar-refractivity contribution in [1.82, 2.24) is 19.8 Å². The molecule has 1 fully saturated rings. The monoisotopic (exact) mass is 455 g/mol. The van der Waals surface area contributed by atoms with Gasteiger partial charge in [-0.15, -0.1) is 24.0 Å². The Morgan fingerprint density at radius 1 is 1.48 bits per heavy atom. The van der Waals surface area contributed by atoms with Crippen LogP contribution in [0.2, 0.25) is 0 Å². The summed E-state index contributed by atoms with van der Waals surface area (Å²) in [4.78, 5) is 10.6. The third kappa shape index (κ3) is 5.94. The summed E-state index contributed by atoms with van der Waals surface area (Å²) in [5.41, 5.74) is 0. The van der Waals surface area contributed by atoms with Gasteiger partial charge in [0.2, 0.25) is 0 Å². The van der Waals surface area contributed by atoms with Gasteiger partial charge in [0.15, 0.2) is 5.96 Å². The maximum absolute atomic E-state index is 11.2. The first-order chi connectivity index (χ1) is 10.4. The first kappa shape index (κ1) is 20.2. The van der Waals surface area contributed by atoms with Crippen molar-refractivity contribution in [3.8, 4) is 0 Å². The predicted molar refractivity (Wildman–Crippen MR) is 103 cm³/mol. The number of halogens is 1. The van der Waals surface area contributed by atoms with Crippen LogP contribution in [0.25, 0.3) is 0 Å². The molecule has 2 atom stereocenters. The molecule has 0 saturated carbocycles. The van der Waals surface area contributed by atoms with E-state index < -0.39 is 9.84 Å². The molecule has 1 N–H and O–H groups in total. The highest BCUT2D eigenvalue weighted by Gasteiger charge is 2.28. The smallest absolute Gasteiger partial charge is 0.193 e. The van der Waals surface area contributed by atoms with Gasteiger partial charge in [0, 0.05) is 45.3 Å². The van der Waals surface area contributed by atoms with Crippen molar-refractivity contribution in [3.05, 3.63) is 18.7 Å². The lowest BCUT2D eigenvalue weighted by Crippen LogP contribution is -2.49. The number of nitrogens with one attached hydrogen (secondary N) is 1. The summed E-state index contributed by atoms with van der Waals surface area (Å²) in [6, 6.07) is 0.352. The van der Waals surface area contributed by atoms with Crippen LogP contribution in [-0.2, 0) is 9.84 Å². The quantitative estimate of drug-likeness (QED) is 0.417. The molecule has 1 aliphatic rings. The second kappa shape index (κ2) is 8.86. The van der Waals surface area contributed by atoms with Gasteiger partial charge in [-0.2, -0.15) is 0 Å². The number of nitrogens with zero attached hydrogens (tertiary/aromatic N) is 4. The highest BCUT2D eigenvalue weighted by atomic mass is 127. The maximum Gasteiger partial charge on any atom is 0.193 e. The summed E-state index contributed by atoms with van der Waals surface area (Å²) >= 11 is 0. The lowest BCUT2D eigenvalue weighted by molar-refractivity contribution is 0.189. The van der Waals surface area contributed by atoms with Crippen LogP contribution in [0.5, 0.6) is 0 Å². The molecule has 7 nitrogen and oxygen atoms in total. The summed E-state index contributed by atoms with van der Waals surface area (Å²) in [5.74, 6) is 1.45. The van der Waals surface area contributed by atoms with Crippen LogP contribution < -0.4 is 5.32 Å². The van der Waals surface area contributed by atoms with Crippen molar-refractivity contribution in [2.75, 3.05) is 38.7 Å². The topological polar surface area (TPSA) is 79.6 Å². The molecule has 0 amide bonds. The maximum atomic E-state index is 11.2. The third-order valence-electron chi connectivity index (χ3n) is 4.09. The summed E-state index contributed by atoms with van der Waals surface area (Å²) in [6.45, 7) is 4.40. The van der Waals surface area contributed by atoms with Crippen LogP contribution in [0, 0.1) is 5.92 Å². The molecule has 1 aromatic rings. The number of hydrogen-bond acceptors (Lipinski definition) is 4. The number of imidazole rings is 1. The summed E-state index contributed by atoms with van der Waals surface area (Å²) in [7, 11) is -1.23.